The summed E-state index contributed by atoms with van der Waals surface area (Å²) < 4.78 is 3.75. The number of imide groups is 2. The maximum atomic E-state index is 13.5. The quantitative estimate of drug-likeness (QED) is 0.153. The van der Waals surface area contributed by atoms with Crippen LogP contribution in [0, 0.1) is 0 Å². The minimum Gasteiger partial charge on any atom is -0.315 e. The Morgan fingerprint density at radius 1 is 0.600 bits per heavy atom. The van der Waals surface area contributed by atoms with Crippen molar-refractivity contribution in [2.75, 3.05) is 46.3 Å². The fourth-order valence-electron chi connectivity index (χ4n) is 7.09. The van der Waals surface area contributed by atoms with E-state index in [1.165, 1.54) is 9.80 Å². The minimum absolute atomic E-state index is 0.254. The lowest BCUT2D eigenvalue weighted by Crippen LogP contribution is -2.44. The Bertz CT molecular complexity index is 2250. The molecule has 2 aliphatic heterocycles. The molecule has 1 N–H and O–H groups in total. The molecule has 2 aliphatic rings. The third-order valence-electron chi connectivity index (χ3n) is 9.61. The molecule has 0 unspecified atom stereocenters. The Balaban J connectivity index is 0.833. The van der Waals surface area contributed by atoms with E-state index in [1.807, 2.05) is 65.0 Å². The van der Waals surface area contributed by atoms with Gasteiger partial charge in [-0.05, 0) is 63.0 Å². The number of hydrogen-bond donors (Lipinski definition) is 1. The minimum atomic E-state index is -0.295. The van der Waals surface area contributed by atoms with E-state index in [-0.39, 0.29) is 36.7 Å². The molecule has 4 aromatic carbocycles. The van der Waals surface area contributed by atoms with Crippen molar-refractivity contribution in [3.8, 4) is 11.4 Å². The molecule has 0 saturated carbocycles. The second-order valence-corrected chi connectivity index (χ2v) is 12.6. The Hall–Kier alpha value is -5.98. The first-order valence-corrected chi connectivity index (χ1v) is 16.6. The van der Waals surface area contributed by atoms with Crippen LogP contribution in [0.1, 0.15) is 47.9 Å². The maximum absolute atomic E-state index is 13.5. The SMILES string of the molecule is CN(CCCNCCN1C(=O)c2cccc3c(-n4ccnc4)ccc(c23)C1=O)CCN1C(=O)c2cccc3c(-n4ccnc4)ccc(c23)C1=O. The predicted octanol–water partition coefficient (Wildman–Crippen LogP) is 4.17. The number of benzene rings is 4. The number of hydrogen-bond acceptors (Lipinski definition) is 8. The maximum Gasteiger partial charge on any atom is 0.261 e. The molecule has 4 amide bonds. The first-order chi connectivity index (χ1) is 24.4. The average Bonchev–Trinajstić information content (AvgIpc) is 3.87. The van der Waals surface area contributed by atoms with Crippen LogP contribution in [-0.4, -0.2) is 104 Å². The van der Waals surface area contributed by atoms with Crippen molar-refractivity contribution in [1.82, 2.24) is 39.1 Å². The van der Waals surface area contributed by atoms with Crippen LogP contribution in [0.2, 0.25) is 0 Å². The lowest BCUT2D eigenvalue weighted by molar-refractivity contribution is 0.0589. The molecule has 0 saturated heterocycles. The van der Waals surface area contributed by atoms with Gasteiger partial charge >= 0.3 is 0 Å². The van der Waals surface area contributed by atoms with E-state index in [4.69, 9.17) is 0 Å². The van der Waals surface area contributed by atoms with Gasteiger partial charge in [-0.25, -0.2) is 9.97 Å². The van der Waals surface area contributed by atoms with Crippen molar-refractivity contribution in [1.29, 1.82) is 0 Å². The van der Waals surface area contributed by atoms with Gasteiger partial charge in [0.1, 0.15) is 0 Å². The van der Waals surface area contributed by atoms with Gasteiger partial charge in [0.2, 0.25) is 0 Å². The van der Waals surface area contributed by atoms with E-state index in [0.717, 1.165) is 35.1 Å². The first kappa shape index (κ1) is 31.3. The first-order valence-electron chi connectivity index (χ1n) is 16.6. The summed E-state index contributed by atoms with van der Waals surface area (Å²) in [6.45, 7) is 2.93. The summed E-state index contributed by atoms with van der Waals surface area (Å²) in [5.74, 6) is -1.16. The summed E-state index contributed by atoms with van der Waals surface area (Å²) in [6.07, 6.45) is 11.3. The number of nitrogens with one attached hydrogen (secondary N) is 1. The fourth-order valence-corrected chi connectivity index (χ4v) is 7.09. The number of amides is 4. The molecule has 50 heavy (non-hydrogen) atoms. The second kappa shape index (κ2) is 12.8. The molecule has 250 valence electrons. The van der Waals surface area contributed by atoms with Crippen LogP contribution in [0.25, 0.3) is 32.9 Å². The third-order valence-corrected chi connectivity index (χ3v) is 9.61. The zero-order valence-corrected chi connectivity index (χ0v) is 27.5. The topological polar surface area (TPSA) is 126 Å². The van der Waals surface area contributed by atoms with Crippen molar-refractivity contribution in [3.05, 3.63) is 120 Å². The van der Waals surface area contributed by atoms with E-state index >= 15 is 0 Å². The predicted molar refractivity (Wildman–Crippen MR) is 188 cm³/mol. The van der Waals surface area contributed by atoms with Crippen LogP contribution in [0.5, 0.6) is 0 Å². The van der Waals surface area contributed by atoms with Gasteiger partial charge in [0, 0.05) is 94.8 Å². The van der Waals surface area contributed by atoms with Crippen LogP contribution >= 0.6 is 0 Å². The van der Waals surface area contributed by atoms with Gasteiger partial charge in [0.15, 0.2) is 0 Å². The monoisotopic (exact) mass is 666 g/mol. The van der Waals surface area contributed by atoms with Gasteiger partial charge in [-0.15, -0.1) is 0 Å². The number of carbonyl (C=O) groups excluding carboxylic acids is 4. The molecular formula is C38H34N8O4. The zero-order valence-electron chi connectivity index (χ0n) is 27.5. The van der Waals surface area contributed by atoms with Crippen molar-refractivity contribution in [2.24, 2.45) is 0 Å². The van der Waals surface area contributed by atoms with E-state index in [0.29, 0.717) is 52.7 Å². The molecule has 8 rings (SSSR count). The summed E-state index contributed by atoms with van der Waals surface area (Å²) in [6, 6.07) is 18.5. The largest absolute Gasteiger partial charge is 0.315 e. The normalized spacial score (nSPS) is 14.2. The highest BCUT2D eigenvalue weighted by molar-refractivity contribution is 6.27. The highest BCUT2D eigenvalue weighted by Gasteiger charge is 2.34. The number of nitrogens with zero attached hydrogens (tertiary/aromatic N) is 7. The zero-order chi connectivity index (χ0) is 34.4. The van der Waals surface area contributed by atoms with E-state index in [2.05, 4.69) is 20.2 Å². The smallest absolute Gasteiger partial charge is 0.261 e. The molecule has 12 heteroatoms. The van der Waals surface area contributed by atoms with Gasteiger partial charge in [-0.1, -0.05) is 24.3 Å². The Morgan fingerprint density at radius 2 is 1.10 bits per heavy atom. The van der Waals surface area contributed by atoms with Crippen LogP contribution < -0.4 is 5.32 Å². The van der Waals surface area contributed by atoms with E-state index < -0.39 is 0 Å². The molecule has 12 nitrogen and oxygen atoms in total. The summed E-state index contributed by atoms with van der Waals surface area (Å²) >= 11 is 0. The number of likely N-dealkylation sites (N-methyl/N-ethyl adjacent to an activating group) is 1. The Morgan fingerprint density at radius 3 is 1.60 bits per heavy atom. The molecule has 0 atom stereocenters. The van der Waals surface area contributed by atoms with Gasteiger partial charge in [-0.2, -0.15) is 0 Å². The molecule has 0 bridgehead atoms. The lowest BCUT2D eigenvalue weighted by atomic mass is 9.93. The van der Waals surface area contributed by atoms with Gasteiger partial charge in [-0.3, -0.25) is 29.0 Å². The highest BCUT2D eigenvalue weighted by Crippen LogP contribution is 2.35. The highest BCUT2D eigenvalue weighted by atomic mass is 16.2. The van der Waals surface area contributed by atoms with Crippen LogP contribution in [-0.2, 0) is 0 Å². The lowest BCUT2D eigenvalue weighted by Gasteiger charge is -2.29. The summed E-state index contributed by atoms with van der Waals surface area (Å²) in [5.41, 5.74) is 3.81. The van der Waals surface area contributed by atoms with E-state index in [9.17, 15) is 19.2 Å². The number of aromatic nitrogens is 4. The Labute approximate surface area is 287 Å². The molecule has 0 fully saturated rings. The van der Waals surface area contributed by atoms with Crippen molar-refractivity contribution in [2.45, 2.75) is 6.42 Å². The summed E-state index contributed by atoms with van der Waals surface area (Å²) in [7, 11) is 1.96. The summed E-state index contributed by atoms with van der Waals surface area (Å²) in [4.78, 5) is 66.9. The molecule has 2 aromatic heterocycles. The molecule has 0 spiro atoms. The average molecular weight is 667 g/mol. The standard InChI is InChI=1S/C38H34N8O4/c1-42(21-22-46-36(48)28-8-3-6-26-32(44-19-15-41-24-44)12-10-30(34(26)28)38(46)50)17-4-13-39-16-20-45-35(47)27-7-2-5-25-31(43-18-14-40-23-43)11-9-29(33(25)27)37(45)49/h2-3,5-12,14-15,18-19,23-24,39H,4,13,16-17,20-22H2,1H3. The molecular weight excluding hydrogens is 632 g/mol. The number of carbonyl (C=O) groups is 4. The van der Waals surface area contributed by atoms with Gasteiger partial charge in [0.05, 0.1) is 24.0 Å². The van der Waals surface area contributed by atoms with Crippen molar-refractivity contribution >= 4 is 45.2 Å². The Kier molecular flexibility index (Phi) is 8.02. The summed E-state index contributed by atoms with van der Waals surface area (Å²) in [5, 5.41) is 6.37. The third kappa shape index (κ3) is 5.25. The van der Waals surface area contributed by atoms with Crippen LogP contribution in [0.4, 0.5) is 0 Å². The van der Waals surface area contributed by atoms with Gasteiger partial charge < -0.3 is 19.4 Å². The van der Waals surface area contributed by atoms with Gasteiger partial charge in [0.25, 0.3) is 23.6 Å². The van der Waals surface area contributed by atoms with Crippen LogP contribution in [0.15, 0.2) is 98.1 Å². The number of imidazole rings is 2. The van der Waals surface area contributed by atoms with E-state index in [1.54, 1.807) is 49.3 Å². The molecule has 0 radical (unpaired) electrons. The molecule has 4 heterocycles. The van der Waals surface area contributed by atoms with Crippen molar-refractivity contribution < 1.29 is 19.2 Å². The number of rotatable bonds is 12. The molecule has 6 aromatic rings. The van der Waals surface area contributed by atoms with Crippen LogP contribution in [0.3, 0.4) is 0 Å². The molecule has 0 aliphatic carbocycles. The fraction of sp³-hybridized carbons (Fsp3) is 0.211. The van der Waals surface area contributed by atoms with Crippen molar-refractivity contribution in [3.63, 3.8) is 0 Å². The second-order valence-electron chi connectivity index (χ2n) is 12.6.